The zero-order valence-corrected chi connectivity index (χ0v) is 14.2. The van der Waals surface area contributed by atoms with E-state index >= 15 is 0 Å². The molecule has 0 saturated heterocycles. The number of hydrogen-bond acceptors (Lipinski definition) is 5. The lowest BCUT2D eigenvalue weighted by atomic mass is 10.1. The van der Waals surface area contributed by atoms with E-state index in [0.29, 0.717) is 46.0 Å². The van der Waals surface area contributed by atoms with Gasteiger partial charge in [-0.25, -0.2) is 9.97 Å². The van der Waals surface area contributed by atoms with Gasteiger partial charge in [0.25, 0.3) is 5.91 Å². The van der Waals surface area contributed by atoms with Gasteiger partial charge in [0.15, 0.2) is 11.5 Å². The average molecular weight is 347 g/mol. The SMILES string of the molecule is CCCNC(=O)c1ccc2nc(-c3ccco3)c(-c3ccco3)nc2c1. The van der Waals surface area contributed by atoms with Crippen LogP contribution in [-0.4, -0.2) is 22.4 Å². The molecule has 1 aromatic carbocycles. The van der Waals surface area contributed by atoms with Gasteiger partial charge in [-0.15, -0.1) is 0 Å². The minimum absolute atomic E-state index is 0.120. The molecular weight excluding hydrogens is 330 g/mol. The van der Waals surface area contributed by atoms with Gasteiger partial charge in [-0.3, -0.25) is 4.79 Å². The first-order valence-corrected chi connectivity index (χ1v) is 8.44. The Kier molecular flexibility index (Phi) is 4.23. The highest BCUT2D eigenvalue weighted by Crippen LogP contribution is 2.31. The van der Waals surface area contributed by atoms with Crippen molar-refractivity contribution in [3.05, 3.63) is 60.6 Å². The summed E-state index contributed by atoms with van der Waals surface area (Å²) < 4.78 is 11.0. The Morgan fingerprint density at radius 2 is 1.62 bits per heavy atom. The maximum Gasteiger partial charge on any atom is 0.251 e. The molecule has 0 atom stereocenters. The lowest BCUT2D eigenvalue weighted by molar-refractivity contribution is 0.0954. The average Bonchev–Trinajstić information content (AvgIpc) is 3.38. The van der Waals surface area contributed by atoms with Gasteiger partial charge in [0, 0.05) is 12.1 Å². The van der Waals surface area contributed by atoms with Gasteiger partial charge in [0.1, 0.15) is 11.4 Å². The summed E-state index contributed by atoms with van der Waals surface area (Å²) in [5.41, 5.74) is 3.02. The summed E-state index contributed by atoms with van der Waals surface area (Å²) in [6.45, 7) is 2.65. The highest BCUT2D eigenvalue weighted by atomic mass is 16.3. The van der Waals surface area contributed by atoms with Gasteiger partial charge in [-0.05, 0) is 48.9 Å². The Morgan fingerprint density at radius 3 is 2.19 bits per heavy atom. The second-order valence-electron chi connectivity index (χ2n) is 5.83. The van der Waals surface area contributed by atoms with E-state index in [1.165, 1.54) is 0 Å². The summed E-state index contributed by atoms with van der Waals surface area (Å²) in [5, 5.41) is 2.87. The summed E-state index contributed by atoms with van der Waals surface area (Å²) in [4.78, 5) is 21.6. The molecule has 0 unspecified atom stereocenters. The molecule has 26 heavy (non-hydrogen) atoms. The first-order valence-electron chi connectivity index (χ1n) is 8.44. The summed E-state index contributed by atoms with van der Waals surface area (Å²) in [5.74, 6) is 1.08. The number of aromatic nitrogens is 2. The van der Waals surface area contributed by atoms with Crippen LogP contribution in [0.1, 0.15) is 23.7 Å². The molecule has 0 spiro atoms. The Hall–Kier alpha value is -3.41. The molecule has 0 saturated carbocycles. The standard InChI is InChI=1S/C20H17N3O3/c1-2-9-21-20(24)13-7-8-14-15(12-13)23-19(17-6-4-11-26-17)18(22-14)16-5-3-10-25-16/h3-8,10-12H,2,9H2,1H3,(H,21,24). The van der Waals surface area contributed by atoms with E-state index in [-0.39, 0.29) is 5.91 Å². The molecule has 4 aromatic rings. The van der Waals surface area contributed by atoms with Gasteiger partial charge in [-0.1, -0.05) is 6.92 Å². The first kappa shape index (κ1) is 16.1. The van der Waals surface area contributed by atoms with Crippen molar-refractivity contribution in [3.8, 4) is 22.9 Å². The fourth-order valence-electron chi connectivity index (χ4n) is 2.71. The van der Waals surface area contributed by atoms with Crippen molar-refractivity contribution in [2.45, 2.75) is 13.3 Å². The Morgan fingerprint density at radius 1 is 0.962 bits per heavy atom. The molecule has 0 aliphatic carbocycles. The van der Waals surface area contributed by atoms with Crippen LogP contribution in [-0.2, 0) is 0 Å². The maximum atomic E-state index is 12.2. The number of benzene rings is 1. The molecule has 0 aliphatic heterocycles. The van der Waals surface area contributed by atoms with Crippen molar-refractivity contribution < 1.29 is 13.6 Å². The normalized spacial score (nSPS) is 11.0. The summed E-state index contributed by atoms with van der Waals surface area (Å²) in [6, 6.07) is 12.5. The monoisotopic (exact) mass is 347 g/mol. The van der Waals surface area contributed by atoms with Crippen molar-refractivity contribution in [2.24, 2.45) is 0 Å². The zero-order valence-electron chi connectivity index (χ0n) is 14.2. The summed E-state index contributed by atoms with van der Waals surface area (Å²) >= 11 is 0. The molecule has 1 N–H and O–H groups in total. The van der Waals surface area contributed by atoms with Gasteiger partial charge < -0.3 is 14.2 Å². The number of furan rings is 2. The van der Waals surface area contributed by atoms with Crippen molar-refractivity contribution in [2.75, 3.05) is 6.54 Å². The number of hydrogen-bond donors (Lipinski definition) is 1. The van der Waals surface area contributed by atoms with Gasteiger partial charge >= 0.3 is 0 Å². The first-order chi connectivity index (χ1) is 12.8. The topological polar surface area (TPSA) is 81.2 Å². The third-order valence-electron chi connectivity index (χ3n) is 3.97. The van der Waals surface area contributed by atoms with Crippen molar-refractivity contribution in [1.29, 1.82) is 0 Å². The van der Waals surface area contributed by atoms with E-state index < -0.39 is 0 Å². The Bertz CT molecular complexity index is 1040. The van der Waals surface area contributed by atoms with Gasteiger partial charge in [0.05, 0.1) is 23.6 Å². The van der Waals surface area contributed by atoms with Crippen LogP contribution in [0.15, 0.2) is 63.8 Å². The maximum absolute atomic E-state index is 12.2. The van der Waals surface area contributed by atoms with Crippen LogP contribution in [0.4, 0.5) is 0 Å². The highest BCUT2D eigenvalue weighted by molar-refractivity contribution is 5.97. The van der Waals surface area contributed by atoms with Gasteiger partial charge in [-0.2, -0.15) is 0 Å². The van der Waals surface area contributed by atoms with E-state index in [0.717, 1.165) is 6.42 Å². The largest absolute Gasteiger partial charge is 0.463 e. The predicted octanol–water partition coefficient (Wildman–Crippen LogP) is 4.29. The fourth-order valence-corrected chi connectivity index (χ4v) is 2.71. The van der Waals surface area contributed by atoms with Crippen molar-refractivity contribution in [3.63, 3.8) is 0 Å². The second-order valence-corrected chi connectivity index (χ2v) is 5.83. The second kappa shape index (κ2) is 6.84. The van der Waals surface area contributed by atoms with E-state index in [9.17, 15) is 4.79 Å². The third kappa shape index (κ3) is 2.97. The molecule has 0 fully saturated rings. The van der Waals surface area contributed by atoms with E-state index in [1.54, 1.807) is 42.9 Å². The van der Waals surface area contributed by atoms with Crippen LogP contribution < -0.4 is 5.32 Å². The molecular formula is C20H17N3O3. The molecule has 130 valence electrons. The van der Waals surface area contributed by atoms with E-state index in [4.69, 9.17) is 13.8 Å². The van der Waals surface area contributed by atoms with Crippen LogP contribution in [0.3, 0.4) is 0 Å². The summed E-state index contributed by atoms with van der Waals surface area (Å²) in [6.07, 6.45) is 4.06. The molecule has 6 heteroatoms. The van der Waals surface area contributed by atoms with Crippen molar-refractivity contribution >= 4 is 16.9 Å². The highest BCUT2D eigenvalue weighted by Gasteiger charge is 2.18. The van der Waals surface area contributed by atoms with Crippen molar-refractivity contribution in [1.82, 2.24) is 15.3 Å². The minimum atomic E-state index is -0.120. The number of amides is 1. The fraction of sp³-hybridized carbons (Fsp3) is 0.150. The molecule has 4 rings (SSSR count). The van der Waals surface area contributed by atoms with Crippen LogP contribution in [0.25, 0.3) is 33.9 Å². The number of nitrogens with one attached hydrogen (secondary N) is 1. The third-order valence-corrected chi connectivity index (χ3v) is 3.97. The lowest BCUT2D eigenvalue weighted by Gasteiger charge is -2.08. The smallest absolute Gasteiger partial charge is 0.251 e. The molecule has 0 aliphatic rings. The molecule has 3 aromatic heterocycles. The number of fused-ring (bicyclic) bond motifs is 1. The minimum Gasteiger partial charge on any atom is -0.463 e. The van der Waals surface area contributed by atoms with Crippen LogP contribution in [0.2, 0.25) is 0 Å². The van der Waals surface area contributed by atoms with Crippen LogP contribution in [0, 0.1) is 0 Å². The zero-order chi connectivity index (χ0) is 17.9. The predicted molar refractivity (Wildman–Crippen MR) is 97.6 cm³/mol. The van der Waals surface area contributed by atoms with Gasteiger partial charge in [0.2, 0.25) is 0 Å². The Balaban J connectivity index is 1.85. The molecule has 3 heterocycles. The molecule has 1 amide bonds. The number of nitrogens with zero attached hydrogens (tertiary/aromatic N) is 2. The quantitative estimate of drug-likeness (QED) is 0.582. The molecule has 0 bridgehead atoms. The lowest BCUT2D eigenvalue weighted by Crippen LogP contribution is -2.23. The number of carbonyl (C=O) groups is 1. The molecule has 0 radical (unpaired) electrons. The van der Waals surface area contributed by atoms with Crippen LogP contribution >= 0.6 is 0 Å². The number of rotatable bonds is 5. The van der Waals surface area contributed by atoms with Crippen LogP contribution in [0.5, 0.6) is 0 Å². The summed E-state index contributed by atoms with van der Waals surface area (Å²) in [7, 11) is 0. The molecule has 6 nitrogen and oxygen atoms in total. The number of carbonyl (C=O) groups excluding carboxylic acids is 1. The van der Waals surface area contributed by atoms with E-state index in [2.05, 4.69) is 10.3 Å². The van der Waals surface area contributed by atoms with E-state index in [1.807, 2.05) is 19.1 Å². The Labute approximate surface area is 149 Å².